The smallest absolute Gasteiger partial charge is 0.230 e. The normalized spacial score (nSPS) is 19.6. The van der Waals surface area contributed by atoms with E-state index in [1.54, 1.807) is 12.1 Å². The number of nitrogens with two attached hydrogens (primary N) is 1. The molecule has 0 radical (unpaired) electrons. The number of hydrogen-bond donors (Lipinski definition) is 1. The summed E-state index contributed by atoms with van der Waals surface area (Å²) in [6, 6.07) is 6.78. The molecule has 0 aliphatic carbocycles. The summed E-state index contributed by atoms with van der Waals surface area (Å²) in [5, 5.41) is 0. The summed E-state index contributed by atoms with van der Waals surface area (Å²) in [6.45, 7) is 4.05. The van der Waals surface area contributed by atoms with E-state index in [-0.39, 0.29) is 36.5 Å². The molecule has 0 unspecified atom stereocenters. The predicted molar refractivity (Wildman–Crippen MR) is 101 cm³/mol. The Morgan fingerprint density at radius 1 is 1.12 bits per heavy atom. The largest absolute Gasteiger partial charge is 0.381 e. The zero-order valence-corrected chi connectivity index (χ0v) is 15.8. The third-order valence-electron chi connectivity index (χ3n) is 5.05. The summed E-state index contributed by atoms with van der Waals surface area (Å²) in [5.74, 6) is -0.0772. The average molecular weight is 394 g/mol. The Labute approximate surface area is 160 Å². The van der Waals surface area contributed by atoms with E-state index >= 15 is 0 Å². The highest BCUT2D eigenvalue weighted by molar-refractivity contribution is 5.85. The van der Waals surface area contributed by atoms with Crippen LogP contribution in [0.15, 0.2) is 24.3 Å². The molecule has 0 aromatic heterocycles. The van der Waals surface area contributed by atoms with E-state index in [4.69, 9.17) is 10.5 Å². The summed E-state index contributed by atoms with van der Waals surface area (Å²) < 4.78 is 19.3. The van der Waals surface area contributed by atoms with E-state index in [0.29, 0.717) is 64.5 Å². The lowest BCUT2D eigenvalue weighted by Gasteiger charge is -2.42. The van der Waals surface area contributed by atoms with Crippen molar-refractivity contribution in [3.63, 3.8) is 0 Å². The van der Waals surface area contributed by atoms with Gasteiger partial charge in [0, 0.05) is 45.9 Å². The Morgan fingerprint density at radius 3 is 2.28 bits per heavy atom. The summed E-state index contributed by atoms with van der Waals surface area (Å²) >= 11 is 0. The number of carbonyl (C=O) groups is 1. The number of carbonyl (C=O) groups excluding carboxylic acids is 1. The molecule has 1 aromatic rings. The average Bonchev–Trinajstić information content (AvgIpc) is 2.62. The van der Waals surface area contributed by atoms with Crippen molar-refractivity contribution in [1.29, 1.82) is 0 Å². The van der Waals surface area contributed by atoms with Crippen LogP contribution in [-0.4, -0.2) is 56.7 Å². The molecule has 0 spiro atoms. The van der Waals surface area contributed by atoms with Gasteiger partial charge in [-0.15, -0.1) is 24.8 Å². The number of piperazine rings is 1. The van der Waals surface area contributed by atoms with Crippen molar-refractivity contribution in [3.05, 3.63) is 30.1 Å². The van der Waals surface area contributed by atoms with Gasteiger partial charge < -0.3 is 20.3 Å². The molecule has 2 fully saturated rings. The minimum absolute atomic E-state index is 0. The molecule has 5 nitrogen and oxygen atoms in total. The Morgan fingerprint density at radius 2 is 1.72 bits per heavy atom. The molecule has 8 heteroatoms. The van der Waals surface area contributed by atoms with Crippen molar-refractivity contribution >= 4 is 36.4 Å². The van der Waals surface area contributed by atoms with E-state index in [0.717, 1.165) is 0 Å². The first-order valence-electron chi connectivity index (χ1n) is 8.23. The van der Waals surface area contributed by atoms with Gasteiger partial charge in [-0.2, -0.15) is 0 Å². The van der Waals surface area contributed by atoms with Gasteiger partial charge in [-0.05, 0) is 25.0 Å². The van der Waals surface area contributed by atoms with Gasteiger partial charge in [0.05, 0.1) is 11.1 Å². The second-order valence-corrected chi connectivity index (χ2v) is 6.33. The molecule has 2 aliphatic heterocycles. The first-order chi connectivity index (χ1) is 11.2. The van der Waals surface area contributed by atoms with Gasteiger partial charge in [0.1, 0.15) is 5.82 Å². The predicted octanol–water partition coefficient (Wildman–Crippen LogP) is 2.07. The van der Waals surface area contributed by atoms with Crippen LogP contribution in [-0.2, 0) is 9.53 Å². The molecule has 1 amide bonds. The van der Waals surface area contributed by atoms with Crippen LogP contribution >= 0.6 is 24.8 Å². The van der Waals surface area contributed by atoms with Gasteiger partial charge in [0.2, 0.25) is 5.91 Å². The maximum Gasteiger partial charge on any atom is 0.230 e. The summed E-state index contributed by atoms with van der Waals surface area (Å²) in [7, 11) is 0. The lowest BCUT2D eigenvalue weighted by Crippen LogP contribution is -2.56. The van der Waals surface area contributed by atoms with E-state index in [1.165, 1.54) is 6.07 Å². The van der Waals surface area contributed by atoms with Crippen molar-refractivity contribution in [2.45, 2.75) is 12.8 Å². The number of nitrogens with zero attached hydrogens (tertiary/aromatic N) is 2. The zero-order chi connectivity index (χ0) is 16.3. The summed E-state index contributed by atoms with van der Waals surface area (Å²) in [4.78, 5) is 16.8. The molecule has 2 saturated heterocycles. The first kappa shape index (κ1) is 22.0. The molecular weight excluding hydrogens is 368 g/mol. The molecule has 0 bridgehead atoms. The molecule has 2 aliphatic rings. The zero-order valence-electron chi connectivity index (χ0n) is 14.2. The highest BCUT2D eigenvalue weighted by atomic mass is 35.5. The quantitative estimate of drug-likeness (QED) is 0.853. The maximum atomic E-state index is 13.9. The second-order valence-electron chi connectivity index (χ2n) is 6.33. The molecule has 0 atom stereocenters. The fourth-order valence-corrected chi connectivity index (χ4v) is 3.46. The molecule has 2 heterocycles. The lowest BCUT2D eigenvalue weighted by molar-refractivity contribution is -0.147. The van der Waals surface area contributed by atoms with E-state index < -0.39 is 5.41 Å². The van der Waals surface area contributed by atoms with E-state index in [2.05, 4.69) is 0 Å². The fraction of sp³-hybridized carbons (Fsp3) is 0.588. The highest BCUT2D eigenvalue weighted by Gasteiger charge is 2.42. The van der Waals surface area contributed by atoms with Crippen molar-refractivity contribution in [2.75, 3.05) is 50.8 Å². The highest BCUT2D eigenvalue weighted by Crippen LogP contribution is 2.32. The SMILES string of the molecule is Cl.Cl.NCC1(C(=O)N2CCN(c3ccccc3F)CC2)CCOCC1. The van der Waals surface area contributed by atoms with Gasteiger partial charge in [0.15, 0.2) is 0 Å². The van der Waals surface area contributed by atoms with Crippen molar-refractivity contribution in [3.8, 4) is 0 Å². The third-order valence-corrected chi connectivity index (χ3v) is 5.05. The van der Waals surface area contributed by atoms with Gasteiger partial charge >= 0.3 is 0 Å². The van der Waals surface area contributed by atoms with Crippen LogP contribution < -0.4 is 10.6 Å². The number of ether oxygens (including phenoxy) is 1. The standard InChI is InChI=1S/C17H24FN3O2.2ClH/c18-14-3-1-2-4-15(14)20-7-9-21(10-8-20)16(22)17(13-19)5-11-23-12-6-17;;/h1-4H,5-13,19H2;2*1H. The molecule has 1 aromatic carbocycles. The van der Waals surface area contributed by atoms with Gasteiger partial charge in [-0.25, -0.2) is 4.39 Å². The third kappa shape index (κ3) is 4.56. The van der Waals surface area contributed by atoms with Gasteiger partial charge in [0.25, 0.3) is 0 Å². The number of benzene rings is 1. The molecule has 0 saturated carbocycles. The van der Waals surface area contributed by atoms with Crippen LogP contribution in [0.4, 0.5) is 10.1 Å². The van der Waals surface area contributed by atoms with Crippen LogP contribution in [0, 0.1) is 11.2 Å². The number of rotatable bonds is 3. The first-order valence-corrected chi connectivity index (χ1v) is 8.23. The molecule has 3 rings (SSSR count). The number of hydrogen-bond acceptors (Lipinski definition) is 4. The van der Waals surface area contributed by atoms with Crippen LogP contribution in [0.1, 0.15) is 12.8 Å². The Balaban J connectivity index is 0.00000156. The van der Waals surface area contributed by atoms with Gasteiger partial charge in [-0.3, -0.25) is 4.79 Å². The fourth-order valence-electron chi connectivity index (χ4n) is 3.46. The maximum absolute atomic E-state index is 13.9. The van der Waals surface area contributed by atoms with Gasteiger partial charge in [-0.1, -0.05) is 12.1 Å². The minimum atomic E-state index is -0.474. The molecule has 142 valence electrons. The van der Waals surface area contributed by atoms with Crippen LogP contribution in [0.5, 0.6) is 0 Å². The lowest BCUT2D eigenvalue weighted by atomic mass is 9.78. The van der Waals surface area contributed by atoms with Crippen LogP contribution in [0.2, 0.25) is 0 Å². The number of anilines is 1. The molecule has 25 heavy (non-hydrogen) atoms. The van der Waals surface area contributed by atoms with Crippen molar-refractivity contribution in [2.24, 2.45) is 11.1 Å². The number of para-hydroxylation sites is 1. The molecular formula is C17H26Cl2FN3O2. The van der Waals surface area contributed by atoms with Crippen LogP contribution in [0.25, 0.3) is 0 Å². The summed E-state index contributed by atoms with van der Waals surface area (Å²) in [5.41, 5.74) is 6.06. The topological polar surface area (TPSA) is 58.8 Å². The van der Waals surface area contributed by atoms with Crippen molar-refractivity contribution in [1.82, 2.24) is 4.90 Å². The number of halogens is 3. The monoisotopic (exact) mass is 393 g/mol. The van der Waals surface area contributed by atoms with Crippen molar-refractivity contribution < 1.29 is 13.9 Å². The minimum Gasteiger partial charge on any atom is -0.381 e. The van der Waals surface area contributed by atoms with Crippen LogP contribution in [0.3, 0.4) is 0 Å². The van der Waals surface area contributed by atoms with E-state index in [1.807, 2.05) is 15.9 Å². The Kier molecular flexibility index (Phi) is 8.41. The summed E-state index contributed by atoms with van der Waals surface area (Å²) in [6.07, 6.45) is 1.38. The van der Waals surface area contributed by atoms with E-state index in [9.17, 15) is 9.18 Å². The Hall–Kier alpha value is -1.08. The number of amides is 1. The second kappa shape index (κ2) is 9.57. The Bertz CT molecular complexity index is 563. The molecule has 2 N–H and O–H groups in total.